The SMILES string of the molecule is Cc1ccc(NC(=O)c2ccc(F)nc2NCCCCCNC(=O)OC(C)(C)C)nc1C(C)C. The minimum atomic E-state index is -0.670. The third-order valence-electron chi connectivity index (χ3n) is 4.84. The van der Waals surface area contributed by atoms with Crippen molar-refractivity contribution in [3.63, 3.8) is 0 Å². The summed E-state index contributed by atoms with van der Waals surface area (Å²) in [5.41, 5.74) is 1.68. The Morgan fingerprint density at radius 2 is 1.74 bits per heavy atom. The Morgan fingerprint density at radius 1 is 1.03 bits per heavy atom. The Balaban J connectivity index is 1.87. The van der Waals surface area contributed by atoms with Gasteiger partial charge in [0.2, 0.25) is 5.95 Å². The van der Waals surface area contributed by atoms with Gasteiger partial charge in [-0.05, 0) is 76.6 Å². The predicted molar refractivity (Wildman–Crippen MR) is 132 cm³/mol. The van der Waals surface area contributed by atoms with Crippen molar-refractivity contribution in [2.45, 2.75) is 72.3 Å². The third kappa shape index (κ3) is 8.96. The van der Waals surface area contributed by atoms with Gasteiger partial charge in [-0.2, -0.15) is 4.39 Å². The Morgan fingerprint density at radius 3 is 2.41 bits per heavy atom. The van der Waals surface area contributed by atoms with Gasteiger partial charge >= 0.3 is 6.09 Å². The van der Waals surface area contributed by atoms with Crippen molar-refractivity contribution in [3.05, 3.63) is 47.0 Å². The standard InChI is InChI=1S/C25H36FN5O3/c1-16(2)21-17(3)10-13-20(30-21)31-23(32)18-11-12-19(26)29-22(18)27-14-8-7-9-15-28-24(33)34-25(4,5)6/h10-13,16H,7-9,14-15H2,1-6H3,(H,27,29)(H,28,33)(H,30,31,32). The van der Waals surface area contributed by atoms with Crippen molar-refractivity contribution in [3.8, 4) is 0 Å². The highest BCUT2D eigenvalue weighted by molar-refractivity contribution is 6.07. The topological polar surface area (TPSA) is 105 Å². The number of nitrogens with zero attached hydrogens (tertiary/aromatic N) is 2. The second-order valence-corrected chi connectivity index (χ2v) is 9.45. The van der Waals surface area contributed by atoms with E-state index in [4.69, 9.17) is 4.74 Å². The van der Waals surface area contributed by atoms with Crippen LogP contribution in [0.2, 0.25) is 0 Å². The van der Waals surface area contributed by atoms with E-state index >= 15 is 0 Å². The molecule has 2 aromatic rings. The highest BCUT2D eigenvalue weighted by Gasteiger charge is 2.17. The fourth-order valence-electron chi connectivity index (χ4n) is 3.27. The molecule has 0 bridgehead atoms. The number of pyridine rings is 2. The molecule has 0 atom stereocenters. The number of carbonyl (C=O) groups is 2. The Hall–Kier alpha value is -3.23. The molecule has 0 aromatic carbocycles. The summed E-state index contributed by atoms with van der Waals surface area (Å²) in [6.45, 7) is 12.5. The average Bonchev–Trinajstić information content (AvgIpc) is 2.73. The number of halogens is 1. The summed E-state index contributed by atoms with van der Waals surface area (Å²) in [6.07, 6.45) is 1.91. The van der Waals surface area contributed by atoms with Gasteiger partial charge in [-0.25, -0.2) is 14.8 Å². The summed E-state index contributed by atoms with van der Waals surface area (Å²) in [4.78, 5) is 32.9. The molecule has 8 nitrogen and oxygen atoms in total. The van der Waals surface area contributed by atoms with Crippen molar-refractivity contribution in [2.75, 3.05) is 23.7 Å². The Labute approximate surface area is 201 Å². The van der Waals surface area contributed by atoms with Crippen molar-refractivity contribution in [2.24, 2.45) is 0 Å². The summed E-state index contributed by atoms with van der Waals surface area (Å²) in [5.74, 6) is -0.243. The first kappa shape index (κ1) is 27.0. The number of anilines is 2. The number of hydrogen-bond donors (Lipinski definition) is 3. The lowest BCUT2D eigenvalue weighted by molar-refractivity contribution is 0.0527. The maximum atomic E-state index is 13.7. The minimum Gasteiger partial charge on any atom is -0.444 e. The van der Waals surface area contributed by atoms with Gasteiger partial charge in [0, 0.05) is 18.8 Å². The zero-order chi connectivity index (χ0) is 25.3. The summed E-state index contributed by atoms with van der Waals surface area (Å²) in [6, 6.07) is 6.22. The van der Waals surface area contributed by atoms with Crippen LogP contribution in [0.25, 0.3) is 0 Å². The highest BCUT2D eigenvalue weighted by atomic mass is 19.1. The smallest absolute Gasteiger partial charge is 0.407 e. The van der Waals surface area contributed by atoms with Crippen LogP contribution in [0.15, 0.2) is 24.3 Å². The largest absolute Gasteiger partial charge is 0.444 e. The Kier molecular flexibility index (Phi) is 9.77. The zero-order valence-electron chi connectivity index (χ0n) is 20.9. The minimum absolute atomic E-state index is 0.181. The van der Waals surface area contributed by atoms with E-state index in [1.54, 1.807) is 6.07 Å². The summed E-state index contributed by atoms with van der Waals surface area (Å²) < 4.78 is 18.9. The maximum Gasteiger partial charge on any atom is 0.407 e. The van der Waals surface area contributed by atoms with Gasteiger partial charge in [0.25, 0.3) is 5.91 Å². The highest BCUT2D eigenvalue weighted by Crippen LogP contribution is 2.20. The van der Waals surface area contributed by atoms with Crippen LogP contribution in [-0.4, -0.2) is 40.7 Å². The quantitative estimate of drug-likeness (QED) is 0.315. The molecule has 0 spiro atoms. The predicted octanol–water partition coefficient (Wildman–Crippen LogP) is 5.41. The number of hydrogen-bond acceptors (Lipinski definition) is 6. The number of amides is 2. The van der Waals surface area contributed by atoms with Crippen molar-refractivity contribution in [1.29, 1.82) is 0 Å². The van der Waals surface area contributed by atoms with Gasteiger partial charge in [0.15, 0.2) is 0 Å². The molecule has 0 radical (unpaired) electrons. The average molecular weight is 474 g/mol. The molecule has 0 saturated heterocycles. The lowest BCUT2D eigenvalue weighted by Gasteiger charge is -2.19. The number of aromatic nitrogens is 2. The molecular formula is C25H36FN5O3. The van der Waals surface area contributed by atoms with Crippen LogP contribution in [0.3, 0.4) is 0 Å². The second-order valence-electron chi connectivity index (χ2n) is 9.45. The van der Waals surface area contributed by atoms with E-state index in [-0.39, 0.29) is 17.3 Å². The molecule has 0 unspecified atom stereocenters. The number of carbonyl (C=O) groups excluding carboxylic acids is 2. The van der Waals surface area contributed by atoms with E-state index in [1.807, 2.05) is 47.6 Å². The van der Waals surface area contributed by atoms with Gasteiger partial charge in [-0.15, -0.1) is 0 Å². The van der Waals surface area contributed by atoms with Crippen LogP contribution >= 0.6 is 0 Å². The number of ether oxygens (including phenoxy) is 1. The number of aryl methyl sites for hydroxylation is 1. The number of unbranched alkanes of at least 4 members (excludes halogenated alkanes) is 2. The van der Waals surface area contributed by atoms with E-state index in [1.165, 1.54) is 6.07 Å². The monoisotopic (exact) mass is 473 g/mol. The van der Waals surface area contributed by atoms with E-state index in [9.17, 15) is 14.0 Å². The van der Waals surface area contributed by atoms with Gasteiger partial charge in [0.1, 0.15) is 17.2 Å². The van der Waals surface area contributed by atoms with Gasteiger partial charge < -0.3 is 20.7 Å². The van der Waals surface area contributed by atoms with E-state index in [0.717, 1.165) is 36.6 Å². The molecule has 2 amide bonds. The normalized spacial score (nSPS) is 11.3. The molecule has 9 heteroatoms. The molecular weight excluding hydrogens is 437 g/mol. The molecule has 186 valence electrons. The third-order valence-corrected chi connectivity index (χ3v) is 4.84. The maximum absolute atomic E-state index is 13.7. The van der Waals surface area contributed by atoms with Crippen LogP contribution in [-0.2, 0) is 4.74 Å². The second kappa shape index (κ2) is 12.3. The fourth-order valence-corrected chi connectivity index (χ4v) is 3.27. The summed E-state index contributed by atoms with van der Waals surface area (Å²) >= 11 is 0. The van der Waals surface area contributed by atoms with E-state index in [2.05, 4.69) is 25.9 Å². The van der Waals surface area contributed by atoms with Crippen LogP contribution in [0.5, 0.6) is 0 Å². The molecule has 34 heavy (non-hydrogen) atoms. The molecule has 0 aliphatic rings. The molecule has 0 aliphatic heterocycles. The van der Waals surface area contributed by atoms with Crippen molar-refractivity contribution < 1.29 is 18.7 Å². The molecule has 2 rings (SSSR count). The lowest BCUT2D eigenvalue weighted by atomic mass is 10.1. The van der Waals surface area contributed by atoms with Gasteiger partial charge in [-0.3, -0.25) is 4.79 Å². The van der Waals surface area contributed by atoms with Crippen molar-refractivity contribution in [1.82, 2.24) is 15.3 Å². The molecule has 0 fully saturated rings. The Bertz CT molecular complexity index is 989. The lowest BCUT2D eigenvalue weighted by Crippen LogP contribution is -2.33. The number of alkyl carbamates (subject to hydrolysis) is 1. The summed E-state index contributed by atoms with van der Waals surface area (Å²) in [7, 11) is 0. The molecule has 3 N–H and O–H groups in total. The molecule has 0 saturated carbocycles. The first-order valence-corrected chi connectivity index (χ1v) is 11.6. The zero-order valence-corrected chi connectivity index (χ0v) is 20.9. The molecule has 2 heterocycles. The molecule has 0 aliphatic carbocycles. The first-order valence-electron chi connectivity index (χ1n) is 11.6. The fraction of sp³-hybridized carbons (Fsp3) is 0.520. The van der Waals surface area contributed by atoms with Gasteiger partial charge in [0.05, 0.1) is 5.56 Å². The first-order chi connectivity index (χ1) is 16.0. The summed E-state index contributed by atoms with van der Waals surface area (Å²) in [5, 5.41) is 8.54. The van der Waals surface area contributed by atoms with Crippen LogP contribution in [0.4, 0.5) is 20.8 Å². The van der Waals surface area contributed by atoms with Crippen LogP contribution in [0.1, 0.15) is 81.4 Å². The molecule has 2 aromatic heterocycles. The number of nitrogens with one attached hydrogen (secondary N) is 3. The van der Waals surface area contributed by atoms with E-state index in [0.29, 0.717) is 18.9 Å². The van der Waals surface area contributed by atoms with Crippen LogP contribution in [0, 0.1) is 12.9 Å². The van der Waals surface area contributed by atoms with E-state index < -0.39 is 23.5 Å². The number of rotatable bonds is 10. The van der Waals surface area contributed by atoms with Crippen LogP contribution < -0.4 is 16.0 Å². The van der Waals surface area contributed by atoms with Crippen molar-refractivity contribution >= 4 is 23.6 Å². The van der Waals surface area contributed by atoms with Gasteiger partial charge in [-0.1, -0.05) is 19.9 Å².